The normalized spacial score (nSPS) is 18.4. The molecule has 2 nitrogen and oxygen atoms in total. The van der Waals surface area contributed by atoms with Crippen LogP contribution < -0.4 is 0 Å². The van der Waals surface area contributed by atoms with Gasteiger partial charge in [-0.3, -0.25) is 4.79 Å². The van der Waals surface area contributed by atoms with Crippen LogP contribution in [-0.2, 0) is 0 Å². The minimum absolute atomic E-state index is 0.193. The average Bonchev–Trinajstić information content (AvgIpc) is 2.89. The van der Waals surface area contributed by atoms with Gasteiger partial charge in [-0.1, -0.05) is 37.6 Å². The molecule has 0 spiro atoms. The van der Waals surface area contributed by atoms with E-state index in [0.717, 1.165) is 25.2 Å². The maximum atomic E-state index is 12.2. The summed E-state index contributed by atoms with van der Waals surface area (Å²) in [5.41, 5.74) is 1.22. The molecule has 0 atom stereocenters. The number of rotatable bonds is 6. The van der Waals surface area contributed by atoms with Crippen molar-refractivity contribution in [3.8, 4) is 0 Å². The monoisotopic (exact) mass is 293 g/mol. The summed E-state index contributed by atoms with van der Waals surface area (Å²) >= 11 is 5.93. The standard InChI is InChI=1S/C17H24ClNO/c1-3-17(4-2)9-11-19(13-17)10-8-16(20)14-6-5-7-15(18)12-14/h5-7,12H,3-4,8-11,13H2,1-2H3. The molecule has 1 fully saturated rings. The lowest BCUT2D eigenvalue weighted by Crippen LogP contribution is -2.28. The fourth-order valence-corrected chi connectivity index (χ4v) is 3.30. The predicted octanol–water partition coefficient (Wildman–Crippen LogP) is 4.42. The lowest BCUT2D eigenvalue weighted by molar-refractivity contribution is 0.0965. The molecule has 0 saturated carbocycles. The number of ketones is 1. The Labute approximate surface area is 127 Å². The van der Waals surface area contributed by atoms with Crippen LogP contribution in [0.15, 0.2) is 24.3 Å². The van der Waals surface area contributed by atoms with Crippen LogP contribution in [0.1, 0.15) is 49.9 Å². The highest BCUT2D eigenvalue weighted by Crippen LogP contribution is 2.36. The third kappa shape index (κ3) is 3.62. The Morgan fingerprint density at radius 3 is 2.70 bits per heavy atom. The Morgan fingerprint density at radius 1 is 1.35 bits per heavy atom. The van der Waals surface area contributed by atoms with Crippen LogP contribution in [0.3, 0.4) is 0 Å². The molecule has 0 unspecified atom stereocenters. The van der Waals surface area contributed by atoms with Gasteiger partial charge in [0.1, 0.15) is 0 Å². The number of nitrogens with zero attached hydrogens (tertiary/aromatic N) is 1. The van der Waals surface area contributed by atoms with Gasteiger partial charge < -0.3 is 4.90 Å². The SMILES string of the molecule is CCC1(CC)CCN(CCC(=O)c2cccc(Cl)c2)C1. The van der Waals surface area contributed by atoms with E-state index in [0.29, 0.717) is 16.9 Å². The Balaban J connectivity index is 1.86. The van der Waals surface area contributed by atoms with Crippen molar-refractivity contribution in [2.75, 3.05) is 19.6 Å². The van der Waals surface area contributed by atoms with Gasteiger partial charge in [-0.25, -0.2) is 0 Å². The molecule has 0 amide bonds. The number of hydrogen-bond donors (Lipinski definition) is 0. The summed E-state index contributed by atoms with van der Waals surface area (Å²) in [7, 11) is 0. The Bertz CT molecular complexity index is 468. The fourth-order valence-electron chi connectivity index (χ4n) is 3.11. The molecule has 2 rings (SSSR count). The molecule has 1 aliphatic rings. The summed E-state index contributed by atoms with van der Waals surface area (Å²) in [4.78, 5) is 14.6. The Morgan fingerprint density at radius 2 is 2.10 bits per heavy atom. The summed E-state index contributed by atoms with van der Waals surface area (Å²) in [6.07, 6.45) is 4.33. The van der Waals surface area contributed by atoms with Crippen LogP contribution in [0.2, 0.25) is 5.02 Å². The highest BCUT2D eigenvalue weighted by Gasteiger charge is 2.34. The van der Waals surface area contributed by atoms with E-state index < -0.39 is 0 Å². The van der Waals surface area contributed by atoms with E-state index >= 15 is 0 Å². The third-order valence-electron chi connectivity index (χ3n) is 4.82. The molecule has 0 N–H and O–H groups in total. The van der Waals surface area contributed by atoms with Crippen LogP contribution in [0.25, 0.3) is 0 Å². The average molecular weight is 294 g/mol. The van der Waals surface area contributed by atoms with E-state index in [9.17, 15) is 4.79 Å². The van der Waals surface area contributed by atoms with Crippen molar-refractivity contribution in [2.45, 2.75) is 39.5 Å². The van der Waals surface area contributed by atoms with Gasteiger partial charge in [0, 0.05) is 30.1 Å². The van der Waals surface area contributed by atoms with Gasteiger partial charge in [-0.05, 0) is 43.4 Å². The molecule has 3 heteroatoms. The lowest BCUT2D eigenvalue weighted by Gasteiger charge is -2.26. The molecular formula is C17H24ClNO. The summed E-state index contributed by atoms with van der Waals surface area (Å²) in [5, 5.41) is 0.632. The van der Waals surface area contributed by atoms with Crippen molar-refractivity contribution in [2.24, 2.45) is 5.41 Å². The molecule has 110 valence electrons. The van der Waals surface area contributed by atoms with Gasteiger partial charge in [0.25, 0.3) is 0 Å². The van der Waals surface area contributed by atoms with Crippen molar-refractivity contribution >= 4 is 17.4 Å². The largest absolute Gasteiger partial charge is 0.302 e. The molecule has 1 heterocycles. The van der Waals surface area contributed by atoms with Crippen molar-refractivity contribution in [3.63, 3.8) is 0 Å². The zero-order valence-corrected chi connectivity index (χ0v) is 13.2. The second-order valence-electron chi connectivity index (χ2n) is 5.92. The number of halogens is 1. The zero-order chi connectivity index (χ0) is 14.6. The van der Waals surface area contributed by atoms with Gasteiger partial charge in [0.2, 0.25) is 0 Å². The molecular weight excluding hydrogens is 270 g/mol. The Hall–Kier alpha value is -0.860. The summed E-state index contributed by atoms with van der Waals surface area (Å²) < 4.78 is 0. The maximum absolute atomic E-state index is 12.2. The predicted molar refractivity (Wildman–Crippen MR) is 84.5 cm³/mol. The van der Waals surface area contributed by atoms with Crippen LogP contribution in [0.4, 0.5) is 0 Å². The first-order chi connectivity index (χ1) is 9.58. The van der Waals surface area contributed by atoms with Gasteiger partial charge in [0.15, 0.2) is 5.78 Å². The van der Waals surface area contributed by atoms with Crippen molar-refractivity contribution in [1.29, 1.82) is 0 Å². The minimum atomic E-state index is 0.193. The second-order valence-corrected chi connectivity index (χ2v) is 6.35. The first-order valence-corrected chi connectivity index (χ1v) is 7.97. The molecule has 0 radical (unpaired) electrons. The summed E-state index contributed by atoms with van der Waals surface area (Å²) in [6.45, 7) is 7.70. The highest BCUT2D eigenvalue weighted by atomic mass is 35.5. The maximum Gasteiger partial charge on any atom is 0.164 e. The number of Topliss-reactive ketones (excluding diaryl/α,β-unsaturated/α-hetero) is 1. The van der Waals surface area contributed by atoms with E-state index in [1.165, 1.54) is 19.3 Å². The van der Waals surface area contributed by atoms with E-state index in [-0.39, 0.29) is 5.78 Å². The number of benzene rings is 1. The summed E-state index contributed by atoms with van der Waals surface area (Å²) in [6, 6.07) is 7.25. The molecule has 0 aromatic heterocycles. The number of hydrogen-bond acceptors (Lipinski definition) is 2. The molecule has 1 aliphatic heterocycles. The number of carbonyl (C=O) groups is 1. The van der Waals surface area contributed by atoms with E-state index in [2.05, 4.69) is 18.7 Å². The van der Waals surface area contributed by atoms with Gasteiger partial charge in [-0.2, -0.15) is 0 Å². The second kappa shape index (κ2) is 6.73. The first kappa shape index (κ1) is 15.5. The smallest absolute Gasteiger partial charge is 0.164 e. The van der Waals surface area contributed by atoms with Gasteiger partial charge >= 0.3 is 0 Å². The van der Waals surface area contributed by atoms with E-state index in [4.69, 9.17) is 11.6 Å². The summed E-state index contributed by atoms with van der Waals surface area (Å²) in [5.74, 6) is 0.193. The van der Waals surface area contributed by atoms with E-state index in [1.807, 2.05) is 12.1 Å². The highest BCUT2D eigenvalue weighted by molar-refractivity contribution is 6.31. The number of likely N-dealkylation sites (tertiary alicyclic amines) is 1. The van der Waals surface area contributed by atoms with E-state index in [1.54, 1.807) is 12.1 Å². The first-order valence-electron chi connectivity index (χ1n) is 7.60. The molecule has 1 saturated heterocycles. The molecule has 1 aromatic carbocycles. The zero-order valence-electron chi connectivity index (χ0n) is 12.5. The van der Waals surface area contributed by atoms with Crippen molar-refractivity contribution in [1.82, 2.24) is 4.90 Å². The van der Waals surface area contributed by atoms with Crippen molar-refractivity contribution < 1.29 is 4.79 Å². The third-order valence-corrected chi connectivity index (χ3v) is 5.05. The van der Waals surface area contributed by atoms with Crippen LogP contribution in [0.5, 0.6) is 0 Å². The van der Waals surface area contributed by atoms with Crippen LogP contribution in [-0.4, -0.2) is 30.3 Å². The number of carbonyl (C=O) groups excluding carboxylic acids is 1. The molecule has 0 bridgehead atoms. The topological polar surface area (TPSA) is 20.3 Å². The molecule has 1 aromatic rings. The Kier molecular flexibility index (Phi) is 5.22. The van der Waals surface area contributed by atoms with Crippen LogP contribution >= 0.6 is 11.6 Å². The lowest BCUT2D eigenvalue weighted by atomic mass is 9.82. The quantitative estimate of drug-likeness (QED) is 0.723. The van der Waals surface area contributed by atoms with Crippen molar-refractivity contribution in [3.05, 3.63) is 34.9 Å². The van der Waals surface area contributed by atoms with Gasteiger partial charge in [0.05, 0.1) is 0 Å². The van der Waals surface area contributed by atoms with Gasteiger partial charge in [-0.15, -0.1) is 0 Å². The minimum Gasteiger partial charge on any atom is -0.302 e. The van der Waals surface area contributed by atoms with Crippen LogP contribution in [0, 0.1) is 5.41 Å². The molecule has 20 heavy (non-hydrogen) atoms. The molecule has 0 aliphatic carbocycles. The fraction of sp³-hybridized carbons (Fsp3) is 0.588.